The van der Waals surface area contributed by atoms with Gasteiger partial charge in [-0.05, 0) is 17.7 Å². The molecule has 0 radical (unpaired) electrons. The first-order chi connectivity index (χ1) is 14.6. The van der Waals surface area contributed by atoms with E-state index < -0.39 is 11.8 Å². The van der Waals surface area contributed by atoms with Crippen LogP contribution in [0.3, 0.4) is 0 Å². The molecule has 0 fully saturated rings. The van der Waals surface area contributed by atoms with Gasteiger partial charge in [0, 0.05) is 25.8 Å². The third-order valence-corrected chi connectivity index (χ3v) is 4.80. The molecule has 3 aromatic rings. The summed E-state index contributed by atoms with van der Waals surface area (Å²) < 4.78 is 13.0. The molecule has 2 atom stereocenters. The molecule has 9 heteroatoms. The first-order valence-corrected chi connectivity index (χ1v) is 9.74. The molecule has 0 amide bonds. The van der Waals surface area contributed by atoms with Gasteiger partial charge < -0.3 is 19.7 Å². The topological polar surface area (TPSA) is 113 Å². The predicted octanol–water partition coefficient (Wildman–Crippen LogP) is 0.980. The average Bonchev–Trinajstić information content (AvgIpc) is 3.05. The average molecular weight is 412 g/mol. The molecule has 0 saturated carbocycles. The molecule has 1 aliphatic heterocycles. The van der Waals surface area contributed by atoms with Gasteiger partial charge in [-0.15, -0.1) is 0 Å². The van der Waals surface area contributed by atoms with Crippen molar-refractivity contribution in [1.82, 2.24) is 19.4 Å². The Kier molecular flexibility index (Phi) is 6.01. The van der Waals surface area contributed by atoms with Crippen molar-refractivity contribution in [3.63, 3.8) is 0 Å². The number of hydrogen-bond acceptors (Lipinski definition) is 7. The number of rotatable bonds is 8. The molecule has 1 aliphatic rings. The van der Waals surface area contributed by atoms with Crippen LogP contribution in [0, 0.1) is 0 Å². The molecule has 0 aliphatic carbocycles. The minimum Gasteiger partial charge on any atom is -0.493 e. The molecular weight excluding hydrogens is 388 g/mol. The summed E-state index contributed by atoms with van der Waals surface area (Å²) in [7, 11) is 0. The van der Waals surface area contributed by atoms with Crippen molar-refractivity contribution in [3.8, 4) is 17.5 Å². The van der Waals surface area contributed by atoms with E-state index in [9.17, 15) is 15.0 Å². The lowest BCUT2D eigenvalue weighted by molar-refractivity contribution is 0.0305. The van der Waals surface area contributed by atoms with Crippen LogP contribution in [0.2, 0.25) is 0 Å². The highest BCUT2D eigenvalue weighted by Crippen LogP contribution is 2.28. The molecular formula is C21H24N4O5. The van der Waals surface area contributed by atoms with Gasteiger partial charge in [-0.25, -0.2) is 9.78 Å². The van der Waals surface area contributed by atoms with Crippen LogP contribution >= 0.6 is 0 Å². The number of aliphatic hydroxyl groups excluding tert-OH is 1. The van der Waals surface area contributed by atoms with Crippen LogP contribution in [0.25, 0.3) is 0 Å². The van der Waals surface area contributed by atoms with Crippen LogP contribution in [0.5, 0.6) is 17.5 Å². The molecule has 0 spiro atoms. The Morgan fingerprint density at radius 1 is 1.27 bits per heavy atom. The van der Waals surface area contributed by atoms with Crippen LogP contribution in [0.15, 0.2) is 59.7 Å². The minimum absolute atomic E-state index is 0.0631. The smallest absolute Gasteiger partial charge is 0.328 e. The SMILES string of the molecule is O=c1[nH]c(O)cn1CC(O)CN(Cc1ccccc1)CC1COc2cccnc2O1. The normalized spacial score (nSPS) is 16.5. The number of fused-ring (bicyclic) bond motifs is 1. The lowest BCUT2D eigenvalue weighted by Gasteiger charge is -2.31. The summed E-state index contributed by atoms with van der Waals surface area (Å²) in [4.78, 5) is 20.3. The number of imidazole rings is 1. The summed E-state index contributed by atoms with van der Waals surface area (Å²) in [6, 6.07) is 13.5. The Morgan fingerprint density at radius 2 is 2.10 bits per heavy atom. The number of aromatic amines is 1. The second-order valence-electron chi connectivity index (χ2n) is 7.29. The molecule has 3 N–H and O–H groups in total. The zero-order valence-electron chi connectivity index (χ0n) is 16.3. The van der Waals surface area contributed by atoms with Crippen molar-refractivity contribution >= 4 is 0 Å². The number of benzene rings is 1. The van der Waals surface area contributed by atoms with Crippen LogP contribution in [-0.2, 0) is 13.1 Å². The van der Waals surface area contributed by atoms with Gasteiger partial charge >= 0.3 is 5.69 Å². The van der Waals surface area contributed by atoms with E-state index in [0.29, 0.717) is 37.9 Å². The quantitative estimate of drug-likeness (QED) is 0.506. The van der Waals surface area contributed by atoms with Gasteiger partial charge in [-0.2, -0.15) is 0 Å². The van der Waals surface area contributed by atoms with Gasteiger partial charge in [-0.1, -0.05) is 30.3 Å². The number of H-pyrrole nitrogens is 1. The Morgan fingerprint density at radius 3 is 2.87 bits per heavy atom. The lowest BCUT2D eigenvalue weighted by atomic mass is 10.2. The number of nitrogens with one attached hydrogen (secondary N) is 1. The second kappa shape index (κ2) is 9.02. The third kappa shape index (κ3) is 5.00. The first-order valence-electron chi connectivity index (χ1n) is 9.74. The summed E-state index contributed by atoms with van der Waals surface area (Å²) in [6.45, 7) is 1.86. The standard InChI is InChI=1S/C21H24N4O5/c26-16(11-25-13-19(27)23-21(25)28)10-24(9-15-5-2-1-3-6-15)12-17-14-29-18-7-4-8-22-20(18)30-17/h1-8,13,16-17,26-27H,9-12,14H2,(H,23,28). The number of nitrogens with zero attached hydrogens (tertiary/aromatic N) is 3. The van der Waals surface area contributed by atoms with E-state index in [4.69, 9.17) is 9.47 Å². The van der Waals surface area contributed by atoms with Gasteiger partial charge in [0.2, 0.25) is 5.88 Å². The van der Waals surface area contributed by atoms with Crippen molar-refractivity contribution in [2.24, 2.45) is 0 Å². The van der Waals surface area contributed by atoms with Gasteiger partial charge in [0.25, 0.3) is 5.88 Å². The second-order valence-corrected chi connectivity index (χ2v) is 7.29. The van der Waals surface area contributed by atoms with Gasteiger partial charge in [0.1, 0.15) is 12.7 Å². The lowest BCUT2D eigenvalue weighted by Crippen LogP contribution is -2.44. The fourth-order valence-corrected chi connectivity index (χ4v) is 3.51. The van der Waals surface area contributed by atoms with Crippen LogP contribution < -0.4 is 15.2 Å². The minimum atomic E-state index is -0.823. The van der Waals surface area contributed by atoms with Crippen LogP contribution in [0.4, 0.5) is 0 Å². The van der Waals surface area contributed by atoms with Crippen molar-refractivity contribution < 1.29 is 19.7 Å². The monoisotopic (exact) mass is 412 g/mol. The fourth-order valence-electron chi connectivity index (χ4n) is 3.51. The van der Waals surface area contributed by atoms with E-state index >= 15 is 0 Å². The third-order valence-electron chi connectivity index (χ3n) is 4.80. The number of aliphatic hydroxyl groups is 1. The summed E-state index contributed by atoms with van der Waals surface area (Å²) in [5, 5.41) is 20.0. The number of ether oxygens (including phenoxy) is 2. The molecule has 0 bridgehead atoms. The van der Waals surface area contributed by atoms with E-state index in [1.807, 2.05) is 36.4 Å². The molecule has 2 unspecified atom stereocenters. The zero-order chi connectivity index (χ0) is 20.9. The summed E-state index contributed by atoms with van der Waals surface area (Å²) in [5.41, 5.74) is 0.629. The Bertz CT molecular complexity index is 1020. The number of hydrogen-bond donors (Lipinski definition) is 3. The Hall–Kier alpha value is -3.30. The highest BCUT2D eigenvalue weighted by molar-refractivity contribution is 5.34. The first kappa shape index (κ1) is 20.0. The van der Waals surface area contributed by atoms with Crippen LogP contribution in [0.1, 0.15) is 5.56 Å². The largest absolute Gasteiger partial charge is 0.493 e. The summed E-state index contributed by atoms with van der Waals surface area (Å²) in [6.07, 6.45) is 1.85. The molecule has 1 aromatic carbocycles. The van der Waals surface area contributed by atoms with Crippen molar-refractivity contribution in [3.05, 3.63) is 70.9 Å². The maximum Gasteiger partial charge on any atom is 0.328 e. The predicted molar refractivity (Wildman–Crippen MR) is 109 cm³/mol. The van der Waals surface area contributed by atoms with Crippen molar-refractivity contribution in [2.45, 2.75) is 25.3 Å². The molecule has 0 saturated heterocycles. The zero-order valence-corrected chi connectivity index (χ0v) is 16.3. The summed E-state index contributed by atoms with van der Waals surface area (Å²) >= 11 is 0. The van der Waals surface area contributed by atoms with E-state index in [1.54, 1.807) is 12.3 Å². The fraction of sp³-hybridized carbons (Fsp3) is 0.333. The van der Waals surface area contributed by atoms with E-state index in [2.05, 4.69) is 14.9 Å². The maximum absolute atomic E-state index is 11.8. The molecule has 9 nitrogen and oxygen atoms in total. The maximum atomic E-state index is 11.8. The van der Waals surface area contributed by atoms with Gasteiger partial charge in [0.15, 0.2) is 5.75 Å². The van der Waals surface area contributed by atoms with Crippen LogP contribution in [-0.4, -0.2) is 61.6 Å². The molecule has 3 heterocycles. The van der Waals surface area contributed by atoms with Crippen molar-refractivity contribution in [1.29, 1.82) is 0 Å². The molecule has 4 rings (SSSR count). The van der Waals surface area contributed by atoms with E-state index in [0.717, 1.165) is 5.56 Å². The van der Waals surface area contributed by atoms with E-state index in [1.165, 1.54) is 10.8 Å². The highest BCUT2D eigenvalue weighted by atomic mass is 16.6. The Labute approximate surface area is 173 Å². The Balaban J connectivity index is 1.44. The van der Waals surface area contributed by atoms with Gasteiger partial charge in [-0.3, -0.25) is 14.5 Å². The molecule has 30 heavy (non-hydrogen) atoms. The molecule has 158 valence electrons. The molecule has 2 aromatic heterocycles. The summed E-state index contributed by atoms with van der Waals surface area (Å²) in [5.74, 6) is 0.852. The van der Waals surface area contributed by atoms with Crippen molar-refractivity contribution in [2.75, 3.05) is 19.7 Å². The highest BCUT2D eigenvalue weighted by Gasteiger charge is 2.25. The van der Waals surface area contributed by atoms with E-state index in [-0.39, 0.29) is 18.5 Å². The number of aromatic hydroxyl groups is 1. The number of aromatic nitrogens is 3. The number of pyridine rings is 1. The van der Waals surface area contributed by atoms with Gasteiger partial charge in [0.05, 0.1) is 18.8 Å².